The molecule has 0 atom stereocenters. The van der Waals surface area contributed by atoms with Gasteiger partial charge in [-0.1, -0.05) is 102 Å². The Morgan fingerprint density at radius 2 is 0.662 bits per heavy atom. The Bertz CT molecular complexity index is 3980. The predicted octanol–water partition coefficient (Wildman–Crippen LogP) is 18.1. The molecule has 0 bridgehead atoms. The fourth-order valence-corrected chi connectivity index (χ4v) is 11.8. The second-order valence-electron chi connectivity index (χ2n) is 23.8. The van der Waals surface area contributed by atoms with Gasteiger partial charge < -0.3 is 48.7 Å². The molecule has 10 nitrogen and oxygen atoms in total. The molecule has 0 amide bonds. The number of rotatable bonds is 10. The number of para-hydroxylation sites is 8. The molecule has 4 aliphatic rings. The van der Waals surface area contributed by atoms with Crippen molar-refractivity contribution in [3.63, 3.8) is 0 Å². The Kier molecular flexibility index (Phi) is 11.4. The summed E-state index contributed by atoms with van der Waals surface area (Å²) in [6.07, 6.45) is 0. The van der Waals surface area contributed by atoms with Crippen LogP contribution in [0, 0.1) is 13.8 Å². The summed E-state index contributed by atoms with van der Waals surface area (Å²) in [6.45, 7) is 17.7. The Morgan fingerprint density at radius 3 is 1.06 bits per heavy atom. The largest absolute Gasteiger partial charge is 0.457 e. The smallest absolute Gasteiger partial charge is 0.129 e. The van der Waals surface area contributed by atoms with Crippen LogP contribution in [0.2, 0.25) is 0 Å². The molecule has 0 fully saturated rings. The molecule has 0 spiro atoms. The SMILES string of the molecule is [2H]C([2H])([2H])N1CN(c2cc(Oc3cccc(N4CN(c5cc(C)c(N6CN(c7cccc(Oc8cc(N9CN(C)c%10ccccc%109)cc(C(C)(C)C)c8)c7)c7ccccc76)cc5C)c5ccccc54)c3)cc(C(C)(C)C)c2)c2ccccc21. The first-order valence-electron chi connectivity index (χ1n) is 29.2. The summed E-state index contributed by atoms with van der Waals surface area (Å²) in [5.74, 6) is 2.97. The molecule has 4 heterocycles. The minimum atomic E-state index is -2.29. The lowest BCUT2D eigenvalue weighted by molar-refractivity contribution is 0.478. The first kappa shape index (κ1) is 47.0. The monoisotopic (exact) mass is 1060 g/mol. The molecule has 10 heteroatoms. The van der Waals surface area contributed by atoms with Gasteiger partial charge in [0.25, 0.3) is 0 Å². The van der Waals surface area contributed by atoms with Crippen LogP contribution in [0.15, 0.2) is 194 Å². The van der Waals surface area contributed by atoms with E-state index in [1.54, 1.807) is 0 Å². The Balaban J connectivity index is 0.758. The number of nitrogens with zero attached hydrogens (tertiary/aromatic N) is 8. The average molecular weight is 1060 g/mol. The van der Waals surface area contributed by atoms with E-state index in [0.717, 1.165) is 86.3 Å². The number of fused-ring (bicyclic) bond motifs is 4. The normalized spacial score (nSPS) is 15.4. The molecule has 0 unspecified atom stereocenters. The molecule has 9 aromatic rings. The summed E-state index contributed by atoms with van der Waals surface area (Å²) in [4.78, 5) is 17.8. The van der Waals surface area contributed by atoms with E-state index in [2.05, 4.69) is 254 Å². The van der Waals surface area contributed by atoms with Gasteiger partial charge in [0.1, 0.15) is 36.3 Å². The fourth-order valence-electron chi connectivity index (χ4n) is 11.8. The highest BCUT2D eigenvalue weighted by Gasteiger charge is 2.34. The number of benzene rings is 9. The molecule has 0 saturated carbocycles. The first-order chi connectivity index (χ1) is 39.7. The van der Waals surface area contributed by atoms with Crippen molar-refractivity contribution >= 4 is 79.6 Å². The lowest BCUT2D eigenvalue weighted by Crippen LogP contribution is -2.26. The third kappa shape index (κ3) is 9.12. The summed E-state index contributed by atoms with van der Waals surface area (Å²) in [6, 6.07) is 68.0. The van der Waals surface area contributed by atoms with Crippen LogP contribution >= 0.6 is 0 Å². The van der Waals surface area contributed by atoms with Crippen molar-refractivity contribution in [2.24, 2.45) is 0 Å². The van der Waals surface area contributed by atoms with Gasteiger partial charge in [-0.25, -0.2) is 0 Å². The van der Waals surface area contributed by atoms with Gasteiger partial charge in [0, 0.05) is 76.5 Å². The summed E-state index contributed by atoms with van der Waals surface area (Å²) >= 11 is 0. The van der Waals surface area contributed by atoms with Crippen molar-refractivity contribution in [3.05, 3.63) is 216 Å². The van der Waals surface area contributed by atoms with Crippen LogP contribution in [0.25, 0.3) is 0 Å². The van der Waals surface area contributed by atoms with Gasteiger partial charge in [0.2, 0.25) is 0 Å². The maximum absolute atomic E-state index is 8.32. The van der Waals surface area contributed by atoms with Crippen LogP contribution in [0.4, 0.5) is 79.6 Å². The highest BCUT2D eigenvalue weighted by molar-refractivity contribution is 5.92. The molecule has 402 valence electrons. The number of hydrogen-bond acceptors (Lipinski definition) is 10. The van der Waals surface area contributed by atoms with E-state index in [9.17, 15) is 0 Å². The van der Waals surface area contributed by atoms with Crippen molar-refractivity contribution in [2.45, 2.75) is 66.2 Å². The van der Waals surface area contributed by atoms with Gasteiger partial charge in [0.15, 0.2) is 0 Å². The third-order valence-electron chi connectivity index (χ3n) is 16.1. The van der Waals surface area contributed by atoms with E-state index in [0.29, 0.717) is 30.5 Å². The number of aryl methyl sites for hydroxylation is 2. The molecule has 9 aromatic carbocycles. The molecule has 0 N–H and O–H groups in total. The fraction of sp³-hybridized carbons (Fsp3) is 0.229. The minimum absolute atomic E-state index is 0.0880. The zero-order valence-corrected chi connectivity index (χ0v) is 47.2. The van der Waals surface area contributed by atoms with Crippen LogP contribution < -0.4 is 48.7 Å². The lowest BCUT2D eigenvalue weighted by Gasteiger charge is -2.28. The Morgan fingerprint density at radius 1 is 0.325 bits per heavy atom. The maximum Gasteiger partial charge on any atom is 0.129 e. The van der Waals surface area contributed by atoms with Gasteiger partial charge in [-0.05, 0) is 156 Å². The molecule has 0 saturated heterocycles. The van der Waals surface area contributed by atoms with Gasteiger partial charge in [0.05, 0.1) is 58.8 Å². The van der Waals surface area contributed by atoms with E-state index >= 15 is 0 Å². The summed E-state index contributed by atoms with van der Waals surface area (Å²) in [5, 5.41) is 0. The van der Waals surface area contributed by atoms with Crippen LogP contribution in [-0.4, -0.2) is 40.7 Å². The van der Waals surface area contributed by atoms with Gasteiger partial charge in [-0.15, -0.1) is 0 Å². The van der Waals surface area contributed by atoms with Crippen LogP contribution in [0.5, 0.6) is 23.0 Å². The first-order valence-corrected chi connectivity index (χ1v) is 27.7. The highest BCUT2D eigenvalue weighted by Crippen LogP contribution is 2.51. The van der Waals surface area contributed by atoms with Crippen LogP contribution in [0.1, 0.15) is 67.9 Å². The van der Waals surface area contributed by atoms with E-state index in [4.69, 9.17) is 13.6 Å². The van der Waals surface area contributed by atoms with E-state index < -0.39 is 6.98 Å². The number of ether oxygens (including phenoxy) is 2. The second kappa shape index (κ2) is 19.4. The average Bonchev–Trinajstić information content (AvgIpc) is 4.45. The van der Waals surface area contributed by atoms with Crippen molar-refractivity contribution in [1.82, 2.24) is 0 Å². The Labute approximate surface area is 476 Å². The summed E-state index contributed by atoms with van der Waals surface area (Å²) in [7, 11) is 2.14. The lowest BCUT2D eigenvalue weighted by atomic mass is 9.86. The molecule has 80 heavy (non-hydrogen) atoms. The molecule has 0 radical (unpaired) electrons. The van der Waals surface area contributed by atoms with Gasteiger partial charge in [-0.2, -0.15) is 0 Å². The third-order valence-corrected chi connectivity index (χ3v) is 16.1. The van der Waals surface area contributed by atoms with E-state index in [-0.39, 0.29) is 17.5 Å². The molecule has 0 aliphatic carbocycles. The van der Waals surface area contributed by atoms with Gasteiger partial charge in [-0.3, -0.25) is 0 Å². The van der Waals surface area contributed by atoms with Gasteiger partial charge >= 0.3 is 0 Å². The summed E-state index contributed by atoms with van der Waals surface area (Å²) < 4.78 is 38.7. The van der Waals surface area contributed by atoms with Crippen molar-refractivity contribution in [3.8, 4) is 23.0 Å². The number of anilines is 14. The molecule has 4 aliphatic heterocycles. The van der Waals surface area contributed by atoms with E-state index in [1.165, 1.54) is 33.0 Å². The zero-order valence-electron chi connectivity index (χ0n) is 50.2. The maximum atomic E-state index is 8.32. The quantitative estimate of drug-likeness (QED) is 0.132. The zero-order chi connectivity index (χ0) is 57.7. The minimum Gasteiger partial charge on any atom is -0.457 e. The predicted molar refractivity (Wildman–Crippen MR) is 334 cm³/mol. The molecule has 13 rings (SSSR count). The van der Waals surface area contributed by atoms with Crippen LogP contribution in [-0.2, 0) is 10.8 Å². The van der Waals surface area contributed by atoms with Crippen molar-refractivity contribution in [1.29, 1.82) is 0 Å². The highest BCUT2D eigenvalue weighted by atomic mass is 16.5. The molecule has 0 aromatic heterocycles. The standard InChI is InChI=1S/C70H70N8O2/c1-47-33-68(78-46-76(64-30-16-18-32-66(64)78)52-22-20-24-56(40-52)80-58-38-50(70(6,7)8)36-54(42-58)74-44-72(10)60-26-12-14-28-62(60)74)48(2)34-67(47)77-45-75(63-29-15-17-31-65(63)77)51-21-19-23-55(39-51)79-57-37-49(69(3,4)5)35-53(41-57)73-43-71(9)59-25-11-13-27-61(59)73/h11-42H,43-46H2,1-10H3/i9D3. The number of hydrogen-bond donors (Lipinski definition) is 0. The topological polar surface area (TPSA) is 44.4 Å². The van der Waals surface area contributed by atoms with E-state index in [1.807, 2.05) is 36.4 Å². The van der Waals surface area contributed by atoms with Crippen molar-refractivity contribution in [2.75, 3.05) is 79.9 Å². The Hall–Kier alpha value is -9.02. The molecular formula is C70H70N8O2. The molecular weight excluding hydrogens is 985 g/mol. The van der Waals surface area contributed by atoms with Crippen molar-refractivity contribution < 1.29 is 13.6 Å². The summed E-state index contributed by atoms with van der Waals surface area (Å²) in [5.41, 5.74) is 19.2. The second-order valence-corrected chi connectivity index (χ2v) is 23.8. The van der Waals surface area contributed by atoms with Crippen LogP contribution in [0.3, 0.4) is 0 Å².